The maximum absolute atomic E-state index is 13.3. The SMILES string of the molecule is CC(C)CN1CCC2(CC1)CC1(CCN(C(=O)c3cscn3)CC1)N(C)C2=O. The van der Waals surface area contributed by atoms with Crippen LogP contribution in [0.15, 0.2) is 10.9 Å². The molecule has 0 unspecified atom stereocenters. The van der Waals surface area contributed by atoms with Gasteiger partial charge in [0, 0.05) is 37.6 Å². The number of likely N-dealkylation sites (tertiary alicyclic amines) is 3. The quantitative estimate of drug-likeness (QED) is 0.777. The summed E-state index contributed by atoms with van der Waals surface area (Å²) >= 11 is 1.45. The summed E-state index contributed by atoms with van der Waals surface area (Å²) in [6, 6.07) is 0. The third-order valence-corrected chi connectivity index (χ3v) is 7.79. The smallest absolute Gasteiger partial charge is 0.273 e. The van der Waals surface area contributed by atoms with Gasteiger partial charge in [-0.1, -0.05) is 13.8 Å². The molecule has 1 aromatic heterocycles. The molecule has 0 aromatic carbocycles. The van der Waals surface area contributed by atoms with E-state index in [0.29, 0.717) is 30.6 Å². The van der Waals surface area contributed by atoms with E-state index in [4.69, 9.17) is 0 Å². The van der Waals surface area contributed by atoms with Crippen LogP contribution in [0.25, 0.3) is 0 Å². The first-order valence-electron chi connectivity index (χ1n) is 10.5. The van der Waals surface area contributed by atoms with Crippen LogP contribution in [0.5, 0.6) is 0 Å². The van der Waals surface area contributed by atoms with Crippen LogP contribution >= 0.6 is 11.3 Å². The van der Waals surface area contributed by atoms with Gasteiger partial charge in [-0.05, 0) is 51.1 Å². The van der Waals surface area contributed by atoms with E-state index in [1.165, 1.54) is 11.3 Å². The van der Waals surface area contributed by atoms with Gasteiger partial charge in [-0.2, -0.15) is 0 Å². The standard InChI is InChI=1S/C21H32N4O2S/c1-16(2)12-24-8-4-20(5-9-24)14-21(23(3)19(20)27)6-10-25(11-7-21)18(26)17-13-28-15-22-17/h13,15-16H,4-12,14H2,1-3H3. The Hall–Kier alpha value is -1.47. The van der Waals surface area contributed by atoms with E-state index in [2.05, 4.69) is 28.6 Å². The van der Waals surface area contributed by atoms with Crippen LogP contribution < -0.4 is 0 Å². The van der Waals surface area contributed by atoms with Gasteiger partial charge in [-0.25, -0.2) is 4.98 Å². The van der Waals surface area contributed by atoms with E-state index in [9.17, 15) is 9.59 Å². The fourth-order valence-corrected chi connectivity index (χ4v) is 6.11. The highest BCUT2D eigenvalue weighted by Crippen LogP contribution is 2.52. The maximum Gasteiger partial charge on any atom is 0.273 e. The number of amides is 2. The van der Waals surface area contributed by atoms with Gasteiger partial charge in [0.1, 0.15) is 5.69 Å². The Bertz CT molecular complexity index is 717. The number of carbonyl (C=O) groups excluding carboxylic acids is 2. The average molecular weight is 405 g/mol. The van der Waals surface area contributed by atoms with Gasteiger partial charge < -0.3 is 14.7 Å². The molecular formula is C21H32N4O2S. The molecule has 28 heavy (non-hydrogen) atoms. The Morgan fingerprint density at radius 3 is 2.43 bits per heavy atom. The lowest BCUT2D eigenvalue weighted by molar-refractivity contribution is -0.139. The summed E-state index contributed by atoms with van der Waals surface area (Å²) in [5.41, 5.74) is 2.00. The van der Waals surface area contributed by atoms with Gasteiger partial charge in [-0.15, -0.1) is 11.3 Å². The van der Waals surface area contributed by atoms with Gasteiger partial charge in [-0.3, -0.25) is 9.59 Å². The van der Waals surface area contributed by atoms with Gasteiger partial charge in [0.25, 0.3) is 5.91 Å². The summed E-state index contributed by atoms with van der Waals surface area (Å²) in [6.07, 6.45) is 4.67. The molecule has 2 amide bonds. The van der Waals surface area contributed by atoms with E-state index in [-0.39, 0.29) is 16.9 Å². The lowest BCUT2D eigenvalue weighted by Gasteiger charge is -2.44. The minimum atomic E-state index is -0.177. The molecule has 0 N–H and O–H groups in total. The van der Waals surface area contributed by atoms with Crippen molar-refractivity contribution in [2.45, 2.75) is 51.5 Å². The van der Waals surface area contributed by atoms with Crippen molar-refractivity contribution in [2.75, 3.05) is 39.8 Å². The van der Waals surface area contributed by atoms with Gasteiger partial charge in [0.2, 0.25) is 5.91 Å². The van der Waals surface area contributed by atoms with Crippen molar-refractivity contribution >= 4 is 23.2 Å². The second-order valence-corrected chi connectivity index (χ2v) is 10.1. The van der Waals surface area contributed by atoms with E-state index in [0.717, 1.165) is 51.7 Å². The molecule has 3 fully saturated rings. The number of carbonyl (C=O) groups is 2. The summed E-state index contributed by atoms with van der Waals surface area (Å²) in [5.74, 6) is 1.04. The van der Waals surface area contributed by atoms with Crippen molar-refractivity contribution < 1.29 is 9.59 Å². The van der Waals surface area contributed by atoms with Crippen molar-refractivity contribution in [1.29, 1.82) is 0 Å². The molecule has 4 rings (SSSR count). The molecule has 0 saturated carbocycles. The Kier molecular flexibility index (Phi) is 5.25. The topological polar surface area (TPSA) is 56.8 Å². The van der Waals surface area contributed by atoms with Gasteiger partial charge in [0.05, 0.1) is 10.9 Å². The number of hydrogen-bond acceptors (Lipinski definition) is 5. The second kappa shape index (κ2) is 7.41. The third kappa shape index (κ3) is 3.36. The predicted molar refractivity (Wildman–Crippen MR) is 110 cm³/mol. The monoisotopic (exact) mass is 404 g/mol. The molecule has 6 nitrogen and oxygen atoms in total. The van der Waals surface area contributed by atoms with Crippen LogP contribution in [0.2, 0.25) is 0 Å². The number of piperidine rings is 2. The zero-order chi connectivity index (χ0) is 19.9. The Morgan fingerprint density at radius 2 is 1.86 bits per heavy atom. The van der Waals surface area contributed by atoms with Gasteiger partial charge in [0.15, 0.2) is 0 Å². The van der Waals surface area contributed by atoms with E-state index in [1.807, 2.05) is 17.3 Å². The summed E-state index contributed by atoms with van der Waals surface area (Å²) in [6.45, 7) is 9.12. The van der Waals surface area contributed by atoms with Crippen molar-refractivity contribution in [1.82, 2.24) is 19.7 Å². The molecule has 0 radical (unpaired) electrons. The third-order valence-electron chi connectivity index (χ3n) is 7.21. The summed E-state index contributed by atoms with van der Waals surface area (Å²) in [5, 5.41) is 1.82. The lowest BCUT2D eigenvalue weighted by atomic mass is 9.71. The van der Waals surface area contributed by atoms with E-state index in [1.54, 1.807) is 5.51 Å². The van der Waals surface area contributed by atoms with Crippen molar-refractivity contribution in [3.05, 3.63) is 16.6 Å². The molecule has 0 aliphatic carbocycles. The normalized spacial score (nSPS) is 24.6. The summed E-state index contributed by atoms with van der Waals surface area (Å²) < 4.78 is 0. The van der Waals surface area contributed by atoms with Crippen molar-refractivity contribution in [3.63, 3.8) is 0 Å². The molecule has 2 spiro atoms. The first-order valence-corrected chi connectivity index (χ1v) is 11.5. The molecule has 1 aromatic rings. The minimum absolute atomic E-state index is 0.0276. The molecule has 0 atom stereocenters. The number of aromatic nitrogens is 1. The molecule has 154 valence electrons. The first-order chi connectivity index (χ1) is 13.4. The van der Waals surface area contributed by atoms with Crippen LogP contribution in [0.3, 0.4) is 0 Å². The van der Waals surface area contributed by atoms with Crippen LogP contribution in [-0.2, 0) is 4.79 Å². The number of rotatable bonds is 3. The highest BCUT2D eigenvalue weighted by molar-refractivity contribution is 7.07. The molecule has 3 saturated heterocycles. The van der Waals surface area contributed by atoms with E-state index < -0.39 is 0 Å². The average Bonchev–Trinajstić information content (AvgIpc) is 3.28. The minimum Gasteiger partial charge on any atom is -0.339 e. The Balaban J connectivity index is 1.41. The highest BCUT2D eigenvalue weighted by Gasteiger charge is 2.58. The Morgan fingerprint density at radius 1 is 1.18 bits per heavy atom. The highest BCUT2D eigenvalue weighted by atomic mass is 32.1. The molecule has 4 heterocycles. The first kappa shape index (κ1) is 19.8. The summed E-state index contributed by atoms with van der Waals surface area (Å²) in [7, 11) is 2.00. The molecule has 0 bridgehead atoms. The molecule has 7 heteroatoms. The number of hydrogen-bond donors (Lipinski definition) is 0. The maximum atomic E-state index is 13.3. The molecule has 3 aliphatic heterocycles. The predicted octanol–water partition coefficient (Wildman–Crippen LogP) is 2.72. The van der Waals surface area contributed by atoms with Crippen LogP contribution in [0.1, 0.15) is 56.4 Å². The number of nitrogens with zero attached hydrogens (tertiary/aromatic N) is 4. The zero-order valence-electron chi connectivity index (χ0n) is 17.3. The van der Waals surface area contributed by atoms with Crippen LogP contribution in [-0.4, -0.2) is 76.8 Å². The lowest BCUT2D eigenvalue weighted by Crippen LogP contribution is -2.52. The second-order valence-electron chi connectivity index (χ2n) is 9.41. The fraction of sp³-hybridized carbons (Fsp3) is 0.762. The van der Waals surface area contributed by atoms with E-state index >= 15 is 0 Å². The largest absolute Gasteiger partial charge is 0.339 e. The zero-order valence-corrected chi connectivity index (χ0v) is 18.1. The van der Waals surface area contributed by atoms with Crippen molar-refractivity contribution in [3.8, 4) is 0 Å². The molecule has 3 aliphatic rings. The van der Waals surface area contributed by atoms with Gasteiger partial charge >= 0.3 is 0 Å². The Labute approximate surface area is 171 Å². The molecular weight excluding hydrogens is 372 g/mol. The van der Waals surface area contributed by atoms with Crippen LogP contribution in [0, 0.1) is 11.3 Å². The van der Waals surface area contributed by atoms with Crippen LogP contribution in [0.4, 0.5) is 0 Å². The van der Waals surface area contributed by atoms with Crippen molar-refractivity contribution in [2.24, 2.45) is 11.3 Å². The fourth-order valence-electron chi connectivity index (χ4n) is 5.58. The summed E-state index contributed by atoms with van der Waals surface area (Å²) in [4.78, 5) is 36.6. The number of thiazole rings is 1.